The first kappa shape index (κ1) is 13.8. The largest absolute Gasteiger partial charge is 0.351 e. The fraction of sp³-hybridized carbons (Fsp3) is 0.615. The summed E-state index contributed by atoms with van der Waals surface area (Å²) in [5.74, 6) is -0.00641. The highest BCUT2D eigenvalue weighted by molar-refractivity contribution is 7.17. The number of rotatable bonds is 6. The van der Waals surface area contributed by atoms with Crippen molar-refractivity contribution in [3.63, 3.8) is 0 Å². The highest BCUT2D eigenvalue weighted by atomic mass is 35.5. The van der Waals surface area contributed by atoms with Crippen LogP contribution in [-0.2, 0) is 0 Å². The third-order valence-electron chi connectivity index (χ3n) is 3.18. The van der Waals surface area contributed by atoms with Gasteiger partial charge in [-0.3, -0.25) is 4.79 Å². The standard InChI is InChI=1S/C13H19ClN2OS/c14-12-6-5-11(18-12)13(17)15-7-1-2-8-16-9-3-4-10-16/h5-6H,1-4,7-10H2,(H,15,17). The van der Waals surface area contributed by atoms with Crippen molar-refractivity contribution in [1.82, 2.24) is 10.2 Å². The van der Waals surface area contributed by atoms with Gasteiger partial charge in [0.2, 0.25) is 0 Å². The Morgan fingerprint density at radius 2 is 2.11 bits per heavy atom. The summed E-state index contributed by atoms with van der Waals surface area (Å²) in [7, 11) is 0. The van der Waals surface area contributed by atoms with E-state index >= 15 is 0 Å². The number of nitrogens with zero attached hydrogens (tertiary/aromatic N) is 1. The minimum absolute atomic E-state index is 0.00641. The van der Waals surface area contributed by atoms with Gasteiger partial charge in [0.05, 0.1) is 9.21 Å². The van der Waals surface area contributed by atoms with Gasteiger partial charge in [-0.2, -0.15) is 0 Å². The van der Waals surface area contributed by atoms with Crippen LogP contribution in [0.4, 0.5) is 0 Å². The van der Waals surface area contributed by atoms with E-state index in [1.807, 2.05) is 0 Å². The number of hydrogen-bond donors (Lipinski definition) is 1. The molecule has 0 spiro atoms. The van der Waals surface area contributed by atoms with Gasteiger partial charge in [-0.05, 0) is 57.5 Å². The van der Waals surface area contributed by atoms with Crippen molar-refractivity contribution in [1.29, 1.82) is 0 Å². The Morgan fingerprint density at radius 1 is 1.33 bits per heavy atom. The van der Waals surface area contributed by atoms with Crippen molar-refractivity contribution in [2.75, 3.05) is 26.2 Å². The molecule has 1 aromatic rings. The van der Waals surface area contributed by atoms with Crippen molar-refractivity contribution in [2.45, 2.75) is 25.7 Å². The number of amides is 1. The number of halogens is 1. The van der Waals surface area contributed by atoms with Gasteiger partial charge in [0.1, 0.15) is 0 Å². The second kappa shape index (κ2) is 7.12. The van der Waals surface area contributed by atoms with E-state index in [0.29, 0.717) is 9.21 Å². The minimum atomic E-state index is -0.00641. The van der Waals surface area contributed by atoms with Crippen LogP contribution in [0.3, 0.4) is 0 Å². The molecule has 0 bridgehead atoms. The average molecular weight is 287 g/mol. The van der Waals surface area contributed by atoms with E-state index in [9.17, 15) is 4.79 Å². The monoisotopic (exact) mass is 286 g/mol. The van der Waals surface area contributed by atoms with Crippen molar-refractivity contribution in [3.05, 3.63) is 21.3 Å². The summed E-state index contributed by atoms with van der Waals surface area (Å²) in [6.07, 6.45) is 4.89. The quantitative estimate of drug-likeness (QED) is 0.816. The molecule has 18 heavy (non-hydrogen) atoms. The molecule has 0 radical (unpaired) electrons. The lowest BCUT2D eigenvalue weighted by atomic mass is 10.3. The fourth-order valence-corrected chi connectivity index (χ4v) is 3.15. The molecule has 0 unspecified atom stereocenters. The highest BCUT2D eigenvalue weighted by Gasteiger charge is 2.10. The Kier molecular flexibility index (Phi) is 5.47. The molecule has 0 atom stereocenters. The van der Waals surface area contributed by atoms with Crippen LogP contribution < -0.4 is 5.32 Å². The minimum Gasteiger partial charge on any atom is -0.351 e. The van der Waals surface area contributed by atoms with E-state index in [0.717, 1.165) is 19.4 Å². The van der Waals surface area contributed by atoms with Crippen LogP contribution in [0.1, 0.15) is 35.4 Å². The predicted octanol–water partition coefficient (Wildman–Crippen LogP) is 3.01. The maximum absolute atomic E-state index is 11.7. The van der Waals surface area contributed by atoms with Gasteiger partial charge in [-0.15, -0.1) is 11.3 Å². The molecule has 3 nitrogen and oxygen atoms in total. The third-order valence-corrected chi connectivity index (χ3v) is 4.41. The molecule has 1 aliphatic rings. The van der Waals surface area contributed by atoms with Crippen LogP contribution in [0.15, 0.2) is 12.1 Å². The van der Waals surface area contributed by atoms with Gasteiger partial charge < -0.3 is 10.2 Å². The van der Waals surface area contributed by atoms with Gasteiger partial charge in [0.25, 0.3) is 5.91 Å². The summed E-state index contributed by atoms with van der Waals surface area (Å²) in [6, 6.07) is 3.53. The zero-order valence-electron chi connectivity index (χ0n) is 10.5. The van der Waals surface area contributed by atoms with E-state index in [-0.39, 0.29) is 5.91 Å². The molecule has 1 aromatic heterocycles. The number of thiophene rings is 1. The second-order valence-electron chi connectivity index (χ2n) is 4.62. The van der Waals surface area contributed by atoms with E-state index < -0.39 is 0 Å². The van der Waals surface area contributed by atoms with Crippen LogP contribution in [0, 0.1) is 0 Å². The van der Waals surface area contributed by atoms with Crippen LogP contribution in [-0.4, -0.2) is 37.0 Å². The van der Waals surface area contributed by atoms with Gasteiger partial charge in [-0.25, -0.2) is 0 Å². The van der Waals surface area contributed by atoms with E-state index in [1.165, 1.54) is 43.8 Å². The second-order valence-corrected chi connectivity index (χ2v) is 6.33. The van der Waals surface area contributed by atoms with E-state index in [4.69, 9.17) is 11.6 Å². The van der Waals surface area contributed by atoms with E-state index in [2.05, 4.69) is 10.2 Å². The smallest absolute Gasteiger partial charge is 0.261 e. The number of carbonyl (C=O) groups excluding carboxylic acids is 1. The molecule has 1 fully saturated rings. The topological polar surface area (TPSA) is 32.3 Å². The zero-order chi connectivity index (χ0) is 12.8. The third kappa shape index (κ3) is 4.26. The lowest BCUT2D eigenvalue weighted by Crippen LogP contribution is -2.25. The Bertz CT molecular complexity index is 388. The van der Waals surface area contributed by atoms with Gasteiger partial charge >= 0.3 is 0 Å². The molecule has 0 aliphatic carbocycles. The first-order chi connectivity index (χ1) is 8.75. The van der Waals surface area contributed by atoms with Crippen LogP contribution in [0.25, 0.3) is 0 Å². The van der Waals surface area contributed by atoms with Crippen molar-refractivity contribution in [3.8, 4) is 0 Å². The predicted molar refractivity (Wildman–Crippen MR) is 76.6 cm³/mol. The number of nitrogens with one attached hydrogen (secondary N) is 1. The number of likely N-dealkylation sites (tertiary alicyclic amines) is 1. The molecule has 0 aromatic carbocycles. The van der Waals surface area contributed by atoms with Crippen LogP contribution in [0.5, 0.6) is 0 Å². The molecule has 100 valence electrons. The maximum Gasteiger partial charge on any atom is 0.261 e. The van der Waals surface area contributed by atoms with Crippen LogP contribution in [0.2, 0.25) is 4.34 Å². The molecule has 1 aliphatic heterocycles. The molecule has 0 saturated carbocycles. The summed E-state index contributed by atoms with van der Waals surface area (Å²) in [5.41, 5.74) is 0. The molecular weight excluding hydrogens is 268 g/mol. The summed E-state index contributed by atoms with van der Waals surface area (Å²) in [4.78, 5) is 14.9. The SMILES string of the molecule is O=C(NCCCCN1CCCC1)c1ccc(Cl)s1. The zero-order valence-corrected chi connectivity index (χ0v) is 12.0. The fourth-order valence-electron chi connectivity index (χ4n) is 2.19. The molecular formula is C13H19ClN2OS. The van der Waals surface area contributed by atoms with Gasteiger partial charge in [0, 0.05) is 6.54 Å². The van der Waals surface area contributed by atoms with Gasteiger partial charge in [-0.1, -0.05) is 11.6 Å². The summed E-state index contributed by atoms with van der Waals surface area (Å²) in [6.45, 7) is 4.42. The Hall–Kier alpha value is -0.580. The Morgan fingerprint density at radius 3 is 2.78 bits per heavy atom. The molecule has 2 heterocycles. The lowest BCUT2D eigenvalue weighted by molar-refractivity contribution is 0.0956. The van der Waals surface area contributed by atoms with Crippen LogP contribution >= 0.6 is 22.9 Å². The maximum atomic E-state index is 11.7. The number of hydrogen-bond acceptors (Lipinski definition) is 3. The highest BCUT2D eigenvalue weighted by Crippen LogP contribution is 2.21. The molecule has 1 N–H and O–H groups in total. The van der Waals surface area contributed by atoms with Gasteiger partial charge in [0.15, 0.2) is 0 Å². The van der Waals surface area contributed by atoms with E-state index in [1.54, 1.807) is 12.1 Å². The molecule has 1 amide bonds. The summed E-state index contributed by atoms with van der Waals surface area (Å²) in [5, 5.41) is 2.93. The van der Waals surface area contributed by atoms with Crippen molar-refractivity contribution in [2.24, 2.45) is 0 Å². The average Bonchev–Trinajstić information content (AvgIpc) is 2.99. The van der Waals surface area contributed by atoms with Crippen molar-refractivity contribution >= 4 is 28.8 Å². The summed E-state index contributed by atoms with van der Waals surface area (Å²) < 4.78 is 0.661. The first-order valence-electron chi connectivity index (χ1n) is 6.51. The summed E-state index contributed by atoms with van der Waals surface area (Å²) >= 11 is 7.12. The first-order valence-corrected chi connectivity index (χ1v) is 7.71. The number of carbonyl (C=O) groups is 1. The number of unbranched alkanes of at least 4 members (excludes halogenated alkanes) is 1. The van der Waals surface area contributed by atoms with Crippen molar-refractivity contribution < 1.29 is 4.79 Å². The lowest BCUT2D eigenvalue weighted by Gasteiger charge is -2.13. The molecule has 5 heteroatoms. The Balaban J connectivity index is 1.56. The normalized spacial score (nSPS) is 16.1. The Labute approximate surface area is 117 Å². The molecule has 2 rings (SSSR count). The molecule has 1 saturated heterocycles.